The highest BCUT2D eigenvalue weighted by Gasteiger charge is 2.21. The average Bonchev–Trinajstić information content (AvgIpc) is 2.46. The van der Waals surface area contributed by atoms with E-state index in [1.165, 1.54) is 18.9 Å². The summed E-state index contributed by atoms with van der Waals surface area (Å²) >= 11 is 0. The molecule has 1 N–H and O–H groups in total. The molecule has 20 heavy (non-hydrogen) atoms. The Morgan fingerprint density at radius 1 is 1.40 bits per heavy atom. The molecule has 1 saturated heterocycles. The molecule has 1 aromatic rings. The van der Waals surface area contributed by atoms with Crippen molar-refractivity contribution in [2.24, 2.45) is 0 Å². The molecule has 0 spiro atoms. The highest BCUT2D eigenvalue weighted by molar-refractivity contribution is 5.07. The minimum Gasteiger partial charge on any atom is -0.387 e. The molecule has 4 nitrogen and oxygen atoms in total. The van der Waals surface area contributed by atoms with Gasteiger partial charge in [0.25, 0.3) is 0 Å². The maximum Gasteiger partial charge on any atom is 0.141 e. The second-order valence-corrected chi connectivity index (χ2v) is 5.74. The van der Waals surface area contributed by atoms with E-state index >= 15 is 0 Å². The van der Waals surface area contributed by atoms with Gasteiger partial charge in [-0.05, 0) is 58.6 Å². The van der Waals surface area contributed by atoms with Crippen LogP contribution in [0.2, 0.25) is 0 Å². The molecule has 0 radical (unpaired) electrons. The maximum atomic E-state index is 12.8. The Labute approximate surface area is 120 Å². The fourth-order valence-corrected chi connectivity index (χ4v) is 2.70. The van der Waals surface area contributed by atoms with Gasteiger partial charge in [-0.25, -0.2) is 4.39 Å². The maximum absolute atomic E-state index is 12.8. The van der Waals surface area contributed by atoms with Gasteiger partial charge < -0.3 is 14.9 Å². The third-order valence-corrected chi connectivity index (χ3v) is 4.10. The fourth-order valence-electron chi connectivity index (χ4n) is 2.70. The van der Waals surface area contributed by atoms with Crippen LogP contribution in [0.15, 0.2) is 18.3 Å². The number of halogens is 1. The predicted octanol–water partition coefficient (Wildman–Crippen LogP) is 1.67. The lowest BCUT2D eigenvalue weighted by atomic mass is 10.0. The molecule has 1 aromatic heterocycles. The quantitative estimate of drug-likeness (QED) is 0.891. The lowest BCUT2D eigenvalue weighted by Gasteiger charge is -2.35. The van der Waals surface area contributed by atoms with Gasteiger partial charge in [0.2, 0.25) is 0 Å². The summed E-state index contributed by atoms with van der Waals surface area (Å²) in [5.41, 5.74) is 0.551. The van der Waals surface area contributed by atoms with Crippen molar-refractivity contribution in [3.63, 3.8) is 0 Å². The lowest BCUT2D eigenvalue weighted by molar-refractivity contribution is 0.109. The van der Waals surface area contributed by atoms with Gasteiger partial charge in [0, 0.05) is 12.6 Å². The zero-order valence-corrected chi connectivity index (χ0v) is 12.3. The van der Waals surface area contributed by atoms with Crippen LogP contribution < -0.4 is 0 Å². The molecule has 1 atom stereocenters. The standard InChI is InChI=1S/C15H24FN3O/c1-18(2)13-5-8-19(9-6-13)10-7-15(20)14-4-3-12(16)11-17-14/h3-4,11,13,15,20H,5-10H2,1-2H3. The van der Waals surface area contributed by atoms with Crippen LogP contribution in [0.25, 0.3) is 0 Å². The van der Waals surface area contributed by atoms with Gasteiger partial charge in [-0.2, -0.15) is 0 Å². The van der Waals surface area contributed by atoms with Crippen LogP contribution in [0, 0.1) is 5.82 Å². The van der Waals surface area contributed by atoms with E-state index < -0.39 is 6.10 Å². The molecule has 112 valence electrons. The molecule has 0 aromatic carbocycles. The van der Waals surface area contributed by atoms with E-state index in [1.807, 2.05) is 0 Å². The van der Waals surface area contributed by atoms with Crippen molar-refractivity contribution < 1.29 is 9.50 Å². The number of rotatable bonds is 5. The fraction of sp³-hybridized carbons (Fsp3) is 0.667. The van der Waals surface area contributed by atoms with Crippen LogP contribution in [0.3, 0.4) is 0 Å². The Morgan fingerprint density at radius 3 is 2.65 bits per heavy atom. The summed E-state index contributed by atoms with van der Waals surface area (Å²) < 4.78 is 12.8. The molecule has 0 bridgehead atoms. The zero-order chi connectivity index (χ0) is 14.5. The molecule has 1 aliphatic heterocycles. The summed E-state index contributed by atoms with van der Waals surface area (Å²) in [6, 6.07) is 3.57. The molecular weight excluding hydrogens is 257 g/mol. The van der Waals surface area contributed by atoms with Crippen LogP contribution in [-0.2, 0) is 0 Å². The number of piperidine rings is 1. The van der Waals surface area contributed by atoms with Gasteiger partial charge in [-0.1, -0.05) is 0 Å². The summed E-state index contributed by atoms with van der Waals surface area (Å²) in [4.78, 5) is 8.60. The molecule has 0 amide bonds. The van der Waals surface area contributed by atoms with Gasteiger partial charge in [0.1, 0.15) is 5.82 Å². The van der Waals surface area contributed by atoms with Crippen LogP contribution >= 0.6 is 0 Å². The number of nitrogens with zero attached hydrogens (tertiary/aromatic N) is 3. The van der Waals surface area contributed by atoms with E-state index in [-0.39, 0.29) is 5.82 Å². The second kappa shape index (κ2) is 7.11. The molecule has 5 heteroatoms. The van der Waals surface area contributed by atoms with E-state index in [1.54, 1.807) is 6.07 Å². The molecule has 2 rings (SSSR count). The SMILES string of the molecule is CN(C)C1CCN(CCC(O)c2ccc(F)cn2)CC1. The second-order valence-electron chi connectivity index (χ2n) is 5.74. The van der Waals surface area contributed by atoms with Crippen LogP contribution in [0.4, 0.5) is 4.39 Å². The van der Waals surface area contributed by atoms with E-state index in [4.69, 9.17) is 0 Å². The monoisotopic (exact) mass is 281 g/mol. The van der Waals surface area contributed by atoms with Crippen molar-refractivity contribution >= 4 is 0 Å². The molecular formula is C15H24FN3O. The minimum atomic E-state index is -0.609. The average molecular weight is 281 g/mol. The van der Waals surface area contributed by atoms with Crippen molar-refractivity contribution in [1.82, 2.24) is 14.8 Å². The largest absolute Gasteiger partial charge is 0.387 e. The molecule has 1 aliphatic rings. The third kappa shape index (κ3) is 4.23. The molecule has 1 fully saturated rings. The molecule has 0 aliphatic carbocycles. The number of aliphatic hydroxyl groups excluding tert-OH is 1. The van der Waals surface area contributed by atoms with Crippen molar-refractivity contribution in [3.05, 3.63) is 29.8 Å². The summed E-state index contributed by atoms with van der Waals surface area (Å²) in [6.45, 7) is 3.01. The first-order valence-electron chi connectivity index (χ1n) is 7.24. The minimum absolute atomic E-state index is 0.369. The normalized spacial score (nSPS) is 19.4. The highest BCUT2D eigenvalue weighted by Crippen LogP contribution is 2.18. The highest BCUT2D eigenvalue weighted by atomic mass is 19.1. The third-order valence-electron chi connectivity index (χ3n) is 4.10. The topological polar surface area (TPSA) is 39.6 Å². The Bertz CT molecular complexity index is 402. The van der Waals surface area contributed by atoms with Crippen molar-refractivity contribution in [3.8, 4) is 0 Å². The Hall–Kier alpha value is -1.04. The Kier molecular flexibility index (Phi) is 5.46. The summed E-state index contributed by atoms with van der Waals surface area (Å²) in [5.74, 6) is -0.369. The zero-order valence-electron chi connectivity index (χ0n) is 12.3. The van der Waals surface area contributed by atoms with Crippen LogP contribution in [-0.4, -0.2) is 59.7 Å². The first-order valence-corrected chi connectivity index (χ1v) is 7.24. The van der Waals surface area contributed by atoms with Crippen LogP contribution in [0.1, 0.15) is 31.1 Å². The smallest absolute Gasteiger partial charge is 0.141 e. The molecule has 2 heterocycles. The number of hydrogen-bond donors (Lipinski definition) is 1. The van der Waals surface area contributed by atoms with Gasteiger partial charge in [0.15, 0.2) is 0 Å². The van der Waals surface area contributed by atoms with Gasteiger partial charge >= 0.3 is 0 Å². The number of aromatic nitrogens is 1. The van der Waals surface area contributed by atoms with Crippen molar-refractivity contribution in [2.75, 3.05) is 33.7 Å². The van der Waals surface area contributed by atoms with E-state index in [0.29, 0.717) is 18.2 Å². The van der Waals surface area contributed by atoms with E-state index in [0.717, 1.165) is 25.8 Å². The molecule has 1 unspecified atom stereocenters. The number of aliphatic hydroxyl groups is 1. The summed E-state index contributed by atoms with van der Waals surface area (Å²) in [5, 5.41) is 10.1. The summed E-state index contributed by atoms with van der Waals surface area (Å²) in [6.07, 6.45) is 3.55. The predicted molar refractivity (Wildman–Crippen MR) is 76.9 cm³/mol. The lowest BCUT2D eigenvalue weighted by Crippen LogP contribution is -2.42. The van der Waals surface area contributed by atoms with Gasteiger partial charge in [-0.15, -0.1) is 0 Å². The van der Waals surface area contributed by atoms with Gasteiger partial charge in [0.05, 0.1) is 18.0 Å². The first-order chi connectivity index (χ1) is 9.56. The Morgan fingerprint density at radius 2 is 2.10 bits per heavy atom. The number of likely N-dealkylation sites (tertiary alicyclic amines) is 1. The van der Waals surface area contributed by atoms with Crippen molar-refractivity contribution in [2.45, 2.75) is 31.4 Å². The molecule has 0 saturated carbocycles. The summed E-state index contributed by atoms with van der Waals surface area (Å²) in [7, 11) is 4.26. The van der Waals surface area contributed by atoms with E-state index in [2.05, 4.69) is 28.9 Å². The number of pyridine rings is 1. The first kappa shape index (κ1) is 15.4. The van der Waals surface area contributed by atoms with E-state index in [9.17, 15) is 9.50 Å². The van der Waals surface area contributed by atoms with Crippen molar-refractivity contribution in [1.29, 1.82) is 0 Å². The Balaban J connectivity index is 1.74. The number of hydrogen-bond acceptors (Lipinski definition) is 4. The van der Waals surface area contributed by atoms with Gasteiger partial charge in [-0.3, -0.25) is 4.98 Å². The van der Waals surface area contributed by atoms with Crippen LogP contribution in [0.5, 0.6) is 0 Å².